The second-order valence-electron chi connectivity index (χ2n) is 5.89. The fourth-order valence-electron chi connectivity index (χ4n) is 2.83. The number of imidazole rings is 1. The average molecular weight is 339 g/mol. The topological polar surface area (TPSA) is 95.3 Å². The number of hydrogen-bond donors (Lipinski definition) is 2. The van der Waals surface area contributed by atoms with Gasteiger partial charge in [0.1, 0.15) is 0 Å². The number of aromatic nitrogens is 2. The lowest BCUT2D eigenvalue weighted by Crippen LogP contribution is -2.31. The predicted molar refractivity (Wildman–Crippen MR) is 86.9 cm³/mol. The molecule has 1 aliphatic rings. The van der Waals surface area contributed by atoms with Gasteiger partial charge >= 0.3 is 5.69 Å². The van der Waals surface area contributed by atoms with Gasteiger partial charge in [0, 0.05) is 20.2 Å². The van der Waals surface area contributed by atoms with E-state index in [9.17, 15) is 13.2 Å². The normalized spacial score (nSPS) is 19.5. The third-order valence-corrected chi connectivity index (χ3v) is 6.09. The Morgan fingerprint density at radius 1 is 1.26 bits per heavy atom. The highest BCUT2D eigenvalue weighted by atomic mass is 32.2. The van der Waals surface area contributed by atoms with E-state index in [4.69, 9.17) is 4.74 Å². The third-order valence-electron chi connectivity index (χ3n) is 4.24. The summed E-state index contributed by atoms with van der Waals surface area (Å²) in [4.78, 5) is 16.6. The van der Waals surface area contributed by atoms with Crippen molar-refractivity contribution in [3.63, 3.8) is 0 Å². The van der Waals surface area contributed by atoms with Gasteiger partial charge in [-0.3, -0.25) is 0 Å². The Bertz CT molecular complexity index is 834. The van der Waals surface area contributed by atoms with Crippen LogP contribution in [0.5, 0.6) is 0 Å². The molecule has 1 unspecified atom stereocenters. The number of nitrogens with zero attached hydrogens (tertiary/aromatic N) is 1. The maximum atomic E-state index is 12.6. The smallest absolute Gasteiger partial charge is 0.323 e. The second kappa shape index (κ2) is 6.46. The highest BCUT2D eigenvalue weighted by Crippen LogP contribution is 2.20. The fourth-order valence-corrected chi connectivity index (χ4v) is 4.05. The van der Waals surface area contributed by atoms with Gasteiger partial charge in [0.2, 0.25) is 10.0 Å². The molecule has 0 amide bonds. The molecule has 7 nitrogen and oxygen atoms in total. The van der Waals surface area contributed by atoms with E-state index in [1.165, 1.54) is 16.4 Å². The van der Waals surface area contributed by atoms with Crippen LogP contribution in [0.4, 0.5) is 0 Å². The van der Waals surface area contributed by atoms with E-state index >= 15 is 0 Å². The van der Waals surface area contributed by atoms with Gasteiger partial charge < -0.3 is 14.7 Å². The maximum absolute atomic E-state index is 12.6. The number of ether oxygens (including phenoxy) is 1. The SMILES string of the molecule is CN(CCC1CCCCO1)S(=O)(=O)c1ccc2[nH]c(=O)[nH]c2c1. The number of nitrogens with one attached hydrogen (secondary N) is 2. The number of rotatable bonds is 5. The summed E-state index contributed by atoms with van der Waals surface area (Å²) in [6.07, 6.45) is 4.05. The number of aromatic amines is 2. The molecule has 1 aliphatic heterocycles. The van der Waals surface area contributed by atoms with Crippen LogP contribution in [0, 0.1) is 0 Å². The van der Waals surface area contributed by atoms with Gasteiger partial charge in [-0.1, -0.05) is 0 Å². The quantitative estimate of drug-likeness (QED) is 0.861. The van der Waals surface area contributed by atoms with E-state index in [0.717, 1.165) is 25.9 Å². The summed E-state index contributed by atoms with van der Waals surface area (Å²) in [5.74, 6) is 0. The first-order valence-electron chi connectivity index (χ1n) is 7.77. The average Bonchev–Trinajstić information content (AvgIpc) is 2.92. The van der Waals surface area contributed by atoms with Crippen LogP contribution < -0.4 is 5.69 Å². The third kappa shape index (κ3) is 3.49. The molecule has 1 aromatic heterocycles. The molecule has 23 heavy (non-hydrogen) atoms. The van der Waals surface area contributed by atoms with Crippen LogP contribution in [0.3, 0.4) is 0 Å². The van der Waals surface area contributed by atoms with Gasteiger partial charge in [0.25, 0.3) is 0 Å². The summed E-state index contributed by atoms with van der Waals surface area (Å²) in [7, 11) is -2.01. The summed E-state index contributed by atoms with van der Waals surface area (Å²) in [6, 6.07) is 4.59. The lowest BCUT2D eigenvalue weighted by molar-refractivity contribution is 0.00950. The van der Waals surface area contributed by atoms with E-state index in [0.29, 0.717) is 24.0 Å². The van der Waals surface area contributed by atoms with Crippen LogP contribution >= 0.6 is 0 Å². The van der Waals surface area contributed by atoms with Crippen LogP contribution in [0.25, 0.3) is 11.0 Å². The zero-order chi connectivity index (χ0) is 16.4. The van der Waals surface area contributed by atoms with Crippen LogP contribution in [0.2, 0.25) is 0 Å². The molecule has 0 saturated carbocycles. The second-order valence-corrected chi connectivity index (χ2v) is 7.94. The minimum atomic E-state index is -3.58. The molecule has 1 atom stereocenters. The zero-order valence-electron chi connectivity index (χ0n) is 13.0. The van der Waals surface area contributed by atoms with E-state index in [-0.39, 0.29) is 16.7 Å². The van der Waals surface area contributed by atoms with Gasteiger partial charge in [-0.25, -0.2) is 17.5 Å². The van der Waals surface area contributed by atoms with Gasteiger partial charge in [0.15, 0.2) is 0 Å². The van der Waals surface area contributed by atoms with Gasteiger partial charge in [-0.05, 0) is 43.9 Å². The highest BCUT2D eigenvalue weighted by molar-refractivity contribution is 7.89. The summed E-state index contributed by atoms with van der Waals surface area (Å²) >= 11 is 0. The molecular weight excluding hydrogens is 318 g/mol. The molecule has 0 aliphatic carbocycles. The summed E-state index contributed by atoms with van der Waals surface area (Å²) in [5, 5.41) is 0. The van der Waals surface area contributed by atoms with Crippen molar-refractivity contribution in [1.29, 1.82) is 0 Å². The summed E-state index contributed by atoms with van der Waals surface area (Å²) in [5.41, 5.74) is 0.727. The Morgan fingerprint density at radius 3 is 2.78 bits per heavy atom. The predicted octanol–water partition coefficient (Wildman–Crippen LogP) is 1.44. The van der Waals surface area contributed by atoms with E-state index in [1.54, 1.807) is 13.1 Å². The molecule has 0 radical (unpaired) electrons. The Labute approximate surface area is 134 Å². The van der Waals surface area contributed by atoms with Crippen molar-refractivity contribution >= 4 is 21.1 Å². The maximum Gasteiger partial charge on any atom is 0.323 e. The Balaban J connectivity index is 1.74. The summed E-state index contributed by atoms with van der Waals surface area (Å²) in [6.45, 7) is 1.17. The van der Waals surface area contributed by atoms with E-state index < -0.39 is 10.0 Å². The molecule has 3 rings (SSSR count). The van der Waals surface area contributed by atoms with E-state index in [1.807, 2.05) is 0 Å². The van der Waals surface area contributed by atoms with Gasteiger partial charge in [-0.15, -0.1) is 0 Å². The largest absolute Gasteiger partial charge is 0.378 e. The van der Waals surface area contributed by atoms with Crippen LogP contribution in [0.15, 0.2) is 27.9 Å². The van der Waals surface area contributed by atoms with Crippen LogP contribution in [-0.2, 0) is 14.8 Å². The molecule has 2 N–H and O–H groups in total. The fraction of sp³-hybridized carbons (Fsp3) is 0.533. The van der Waals surface area contributed by atoms with Crippen molar-refractivity contribution in [3.05, 3.63) is 28.7 Å². The van der Waals surface area contributed by atoms with E-state index in [2.05, 4.69) is 9.97 Å². The van der Waals surface area contributed by atoms with Crippen LogP contribution in [-0.4, -0.2) is 49.0 Å². The first kappa shape index (κ1) is 16.2. The Kier molecular flexibility index (Phi) is 4.56. The highest BCUT2D eigenvalue weighted by Gasteiger charge is 2.23. The minimum Gasteiger partial charge on any atom is -0.378 e. The molecule has 126 valence electrons. The standard InChI is InChI=1S/C15H21N3O4S/c1-18(8-7-11-4-2-3-9-22-11)23(20,21)12-5-6-13-14(10-12)17-15(19)16-13/h5-6,10-11H,2-4,7-9H2,1H3,(H2,16,17,19). The zero-order valence-corrected chi connectivity index (χ0v) is 13.9. The molecular formula is C15H21N3O4S. The molecule has 1 fully saturated rings. The van der Waals surface area contributed by atoms with Crippen molar-refractivity contribution in [2.24, 2.45) is 0 Å². The first-order chi connectivity index (χ1) is 11.0. The molecule has 1 saturated heterocycles. The van der Waals surface area contributed by atoms with Crippen molar-refractivity contribution in [2.75, 3.05) is 20.2 Å². The lowest BCUT2D eigenvalue weighted by Gasteiger charge is -2.25. The molecule has 0 spiro atoms. The van der Waals surface area contributed by atoms with Crippen molar-refractivity contribution < 1.29 is 13.2 Å². The van der Waals surface area contributed by atoms with Gasteiger partial charge in [-0.2, -0.15) is 0 Å². The van der Waals surface area contributed by atoms with Crippen LogP contribution in [0.1, 0.15) is 25.7 Å². The number of sulfonamides is 1. The van der Waals surface area contributed by atoms with Crippen molar-refractivity contribution in [1.82, 2.24) is 14.3 Å². The van der Waals surface area contributed by atoms with Gasteiger partial charge in [0.05, 0.1) is 22.0 Å². The number of benzene rings is 1. The molecule has 8 heteroatoms. The number of fused-ring (bicyclic) bond motifs is 1. The van der Waals surface area contributed by atoms with Crippen molar-refractivity contribution in [3.8, 4) is 0 Å². The molecule has 1 aromatic carbocycles. The Morgan fingerprint density at radius 2 is 2.04 bits per heavy atom. The Hall–Kier alpha value is -1.64. The molecule has 2 heterocycles. The summed E-state index contributed by atoms with van der Waals surface area (Å²) < 4.78 is 32.3. The minimum absolute atomic E-state index is 0.143. The molecule has 0 bridgehead atoms. The lowest BCUT2D eigenvalue weighted by atomic mass is 10.1. The first-order valence-corrected chi connectivity index (χ1v) is 9.21. The monoisotopic (exact) mass is 339 g/mol. The number of hydrogen-bond acceptors (Lipinski definition) is 4. The number of H-pyrrole nitrogens is 2. The molecule has 2 aromatic rings. The van der Waals surface area contributed by atoms with Crippen molar-refractivity contribution in [2.45, 2.75) is 36.7 Å².